The van der Waals surface area contributed by atoms with Gasteiger partial charge in [0.1, 0.15) is 0 Å². The number of carbonyl (C=O) groups is 1. The third-order valence-corrected chi connectivity index (χ3v) is 3.73. The van der Waals surface area contributed by atoms with Gasteiger partial charge in [0.2, 0.25) is 0 Å². The number of methoxy groups -OCH3 is 1. The monoisotopic (exact) mass is 267 g/mol. The van der Waals surface area contributed by atoms with Gasteiger partial charge in [-0.05, 0) is 48.4 Å². The molecule has 1 aliphatic carbocycles. The number of hydrogen-bond acceptors (Lipinski definition) is 4. The van der Waals surface area contributed by atoms with Crippen molar-refractivity contribution in [1.82, 2.24) is 0 Å². The van der Waals surface area contributed by atoms with Crippen molar-refractivity contribution in [3.8, 4) is 0 Å². The standard InChI is InChI=1S/C13H16O4S/c1-8-5-12(9-3-4-9)10(7-18(15)16)6-11(8)13(14)17-2/h5-6,9H,3-4,7H2,1-2H3,(H,15,16)/p-1. The molecule has 1 aromatic carbocycles. The van der Waals surface area contributed by atoms with Crippen LogP contribution in [0, 0.1) is 6.92 Å². The predicted molar refractivity (Wildman–Crippen MR) is 67.1 cm³/mol. The minimum atomic E-state index is -2.15. The molecule has 1 saturated carbocycles. The number of esters is 1. The third kappa shape index (κ3) is 2.79. The summed E-state index contributed by atoms with van der Waals surface area (Å²) in [5.74, 6) is -0.0162. The van der Waals surface area contributed by atoms with Crippen molar-refractivity contribution < 1.29 is 18.3 Å². The van der Waals surface area contributed by atoms with E-state index in [9.17, 15) is 13.6 Å². The van der Waals surface area contributed by atoms with Gasteiger partial charge in [0, 0.05) is 5.75 Å². The van der Waals surface area contributed by atoms with E-state index in [-0.39, 0.29) is 5.75 Å². The van der Waals surface area contributed by atoms with Gasteiger partial charge in [-0.2, -0.15) is 0 Å². The van der Waals surface area contributed by atoms with E-state index < -0.39 is 17.0 Å². The predicted octanol–water partition coefficient (Wildman–Crippen LogP) is 2.04. The molecular formula is C13H15O4S-. The highest BCUT2D eigenvalue weighted by atomic mass is 32.2. The first-order chi connectivity index (χ1) is 8.52. The second-order valence-corrected chi connectivity index (χ2v) is 5.48. The van der Waals surface area contributed by atoms with Crippen molar-refractivity contribution in [1.29, 1.82) is 0 Å². The fourth-order valence-electron chi connectivity index (χ4n) is 2.13. The van der Waals surface area contributed by atoms with Gasteiger partial charge in [-0.3, -0.25) is 4.21 Å². The molecular weight excluding hydrogens is 252 g/mol. The number of hydrogen-bond donors (Lipinski definition) is 0. The molecule has 0 aliphatic heterocycles. The van der Waals surface area contributed by atoms with Crippen LogP contribution in [0.25, 0.3) is 0 Å². The number of aryl methyl sites for hydroxylation is 1. The lowest BCUT2D eigenvalue weighted by Crippen LogP contribution is -2.08. The highest BCUT2D eigenvalue weighted by molar-refractivity contribution is 7.78. The normalized spacial score (nSPS) is 16.4. The summed E-state index contributed by atoms with van der Waals surface area (Å²) in [6.45, 7) is 1.84. The van der Waals surface area contributed by atoms with Crippen LogP contribution in [-0.4, -0.2) is 21.8 Å². The number of rotatable bonds is 4. The Labute approximate surface area is 109 Å². The van der Waals surface area contributed by atoms with E-state index in [1.165, 1.54) is 7.11 Å². The molecule has 0 amide bonds. The number of benzene rings is 1. The summed E-state index contributed by atoms with van der Waals surface area (Å²) in [5, 5.41) is 0. The molecule has 2 rings (SSSR count). The first-order valence-electron chi connectivity index (χ1n) is 5.80. The lowest BCUT2D eigenvalue weighted by Gasteiger charge is -2.14. The maximum atomic E-state index is 11.6. The summed E-state index contributed by atoms with van der Waals surface area (Å²) in [7, 11) is 1.32. The molecule has 1 aliphatic rings. The highest BCUT2D eigenvalue weighted by Crippen LogP contribution is 2.42. The van der Waals surface area contributed by atoms with Gasteiger partial charge in [0.15, 0.2) is 0 Å². The van der Waals surface area contributed by atoms with Crippen LogP contribution in [0.15, 0.2) is 12.1 Å². The minimum absolute atomic E-state index is 0.0455. The molecule has 0 spiro atoms. The van der Waals surface area contributed by atoms with E-state index in [2.05, 4.69) is 0 Å². The molecule has 98 valence electrons. The molecule has 0 radical (unpaired) electrons. The molecule has 1 aromatic rings. The first kappa shape index (κ1) is 13.2. The molecule has 1 atom stereocenters. The smallest absolute Gasteiger partial charge is 0.338 e. The van der Waals surface area contributed by atoms with Gasteiger partial charge < -0.3 is 9.29 Å². The Morgan fingerprint density at radius 3 is 2.67 bits per heavy atom. The number of ether oxygens (including phenoxy) is 1. The van der Waals surface area contributed by atoms with Crippen molar-refractivity contribution in [2.45, 2.75) is 31.4 Å². The average Bonchev–Trinajstić information content (AvgIpc) is 3.13. The second kappa shape index (κ2) is 5.20. The zero-order valence-corrected chi connectivity index (χ0v) is 11.2. The minimum Gasteiger partial charge on any atom is -0.772 e. The van der Waals surface area contributed by atoms with E-state index in [0.717, 1.165) is 29.5 Å². The average molecular weight is 267 g/mol. The van der Waals surface area contributed by atoms with Crippen LogP contribution in [0.5, 0.6) is 0 Å². The molecule has 0 saturated heterocycles. The Bertz CT molecular complexity index is 506. The quantitative estimate of drug-likeness (QED) is 0.618. The highest BCUT2D eigenvalue weighted by Gasteiger charge is 2.27. The summed E-state index contributed by atoms with van der Waals surface area (Å²) >= 11 is -2.15. The Morgan fingerprint density at radius 2 is 2.17 bits per heavy atom. The maximum absolute atomic E-state index is 11.6. The van der Waals surface area contributed by atoms with Gasteiger partial charge in [0.05, 0.1) is 12.7 Å². The van der Waals surface area contributed by atoms with Crippen molar-refractivity contribution in [3.63, 3.8) is 0 Å². The zero-order chi connectivity index (χ0) is 13.3. The van der Waals surface area contributed by atoms with Crippen molar-refractivity contribution in [3.05, 3.63) is 34.4 Å². The Hall–Kier alpha value is -1.20. The van der Waals surface area contributed by atoms with Gasteiger partial charge in [0.25, 0.3) is 0 Å². The van der Waals surface area contributed by atoms with Crippen molar-refractivity contribution in [2.24, 2.45) is 0 Å². The second-order valence-electron chi connectivity index (χ2n) is 4.58. The van der Waals surface area contributed by atoms with Crippen LogP contribution >= 0.6 is 0 Å². The third-order valence-electron chi connectivity index (χ3n) is 3.18. The van der Waals surface area contributed by atoms with E-state index in [0.29, 0.717) is 11.5 Å². The molecule has 18 heavy (non-hydrogen) atoms. The Balaban J connectivity index is 2.45. The topological polar surface area (TPSA) is 66.4 Å². The summed E-state index contributed by atoms with van der Waals surface area (Å²) in [5.41, 5.74) is 3.06. The van der Waals surface area contributed by atoms with E-state index in [4.69, 9.17) is 4.74 Å². The van der Waals surface area contributed by atoms with E-state index >= 15 is 0 Å². The Kier molecular flexibility index (Phi) is 3.82. The van der Waals surface area contributed by atoms with Crippen molar-refractivity contribution >= 4 is 17.0 Å². The van der Waals surface area contributed by atoms with Crippen molar-refractivity contribution in [2.75, 3.05) is 7.11 Å². The molecule has 5 heteroatoms. The lowest BCUT2D eigenvalue weighted by atomic mass is 9.97. The molecule has 0 heterocycles. The van der Waals surface area contributed by atoms with Gasteiger partial charge in [-0.15, -0.1) is 0 Å². The summed E-state index contributed by atoms with van der Waals surface area (Å²) < 4.78 is 26.5. The Morgan fingerprint density at radius 1 is 1.50 bits per heavy atom. The molecule has 0 aromatic heterocycles. The van der Waals surface area contributed by atoms with Gasteiger partial charge in [-0.25, -0.2) is 4.79 Å². The van der Waals surface area contributed by atoms with Gasteiger partial charge in [-0.1, -0.05) is 17.1 Å². The molecule has 4 nitrogen and oxygen atoms in total. The largest absolute Gasteiger partial charge is 0.772 e. The SMILES string of the molecule is COC(=O)c1cc(CS(=O)[O-])c(C2CC2)cc1C. The molecule has 0 N–H and O–H groups in total. The van der Waals surface area contributed by atoms with Gasteiger partial charge >= 0.3 is 5.97 Å². The lowest BCUT2D eigenvalue weighted by molar-refractivity contribution is 0.0599. The fourth-order valence-corrected chi connectivity index (χ4v) is 2.64. The summed E-state index contributed by atoms with van der Waals surface area (Å²) in [6.07, 6.45) is 2.19. The van der Waals surface area contributed by atoms with Crippen LogP contribution in [0.1, 0.15) is 45.8 Å². The van der Waals surface area contributed by atoms with Crippen LogP contribution in [0.2, 0.25) is 0 Å². The number of carbonyl (C=O) groups excluding carboxylic acids is 1. The first-order valence-corrected chi connectivity index (χ1v) is 7.05. The van der Waals surface area contributed by atoms with E-state index in [1.54, 1.807) is 6.07 Å². The molecule has 1 fully saturated rings. The van der Waals surface area contributed by atoms with Crippen LogP contribution in [0.3, 0.4) is 0 Å². The maximum Gasteiger partial charge on any atom is 0.338 e. The zero-order valence-electron chi connectivity index (χ0n) is 10.4. The van der Waals surface area contributed by atoms with Crippen LogP contribution < -0.4 is 0 Å². The molecule has 1 unspecified atom stereocenters. The molecule has 0 bridgehead atoms. The van der Waals surface area contributed by atoms with Crippen LogP contribution in [-0.2, 0) is 21.6 Å². The van der Waals surface area contributed by atoms with Crippen LogP contribution in [0.4, 0.5) is 0 Å². The van der Waals surface area contributed by atoms with E-state index in [1.807, 2.05) is 13.0 Å². The summed E-state index contributed by atoms with van der Waals surface area (Å²) in [6, 6.07) is 3.58. The fraction of sp³-hybridized carbons (Fsp3) is 0.462. The summed E-state index contributed by atoms with van der Waals surface area (Å²) in [4.78, 5) is 11.6.